The average molecular weight is 338 g/mol. The topological polar surface area (TPSA) is 65.5 Å². The highest BCUT2D eigenvalue weighted by atomic mass is 16.2. The van der Waals surface area contributed by atoms with Gasteiger partial charge in [0, 0.05) is 45.5 Å². The fourth-order valence-corrected chi connectivity index (χ4v) is 2.92. The van der Waals surface area contributed by atoms with E-state index >= 15 is 0 Å². The largest absolute Gasteiger partial charge is 0.362 e. The van der Waals surface area contributed by atoms with E-state index in [-0.39, 0.29) is 11.8 Å². The number of nitrogens with one attached hydrogen (secondary N) is 1. The van der Waals surface area contributed by atoms with Crippen molar-refractivity contribution in [3.05, 3.63) is 53.7 Å². The van der Waals surface area contributed by atoms with Crippen molar-refractivity contribution >= 4 is 23.3 Å². The molecule has 0 bridgehead atoms. The summed E-state index contributed by atoms with van der Waals surface area (Å²) in [5.41, 5.74) is 2.45. The second-order valence-corrected chi connectivity index (χ2v) is 6.27. The van der Waals surface area contributed by atoms with Gasteiger partial charge < -0.3 is 15.1 Å². The number of anilines is 2. The Kier molecular flexibility index (Phi) is 4.97. The third-order valence-electron chi connectivity index (χ3n) is 4.23. The highest BCUT2D eigenvalue weighted by Gasteiger charge is 2.21. The number of pyridine rings is 1. The summed E-state index contributed by atoms with van der Waals surface area (Å²) in [6.45, 7) is 1.21. The molecule has 1 N–H and O–H groups in total. The molecule has 2 amide bonds. The molecule has 0 radical (unpaired) electrons. The van der Waals surface area contributed by atoms with Gasteiger partial charge >= 0.3 is 0 Å². The van der Waals surface area contributed by atoms with E-state index < -0.39 is 0 Å². The molecule has 130 valence electrons. The van der Waals surface area contributed by atoms with Crippen LogP contribution < -0.4 is 15.1 Å². The van der Waals surface area contributed by atoms with Gasteiger partial charge in [0.05, 0.1) is 5.56 Å². The molecule has 0 aliphatic carbocycles. The Hall–Kier alpha value is -2.89. The molecule has 1 aliphatic heterocycles. The molecule has 1 aromatic carbocycles. The molecule has 6 heteroatoms. The molecule has 2 aromatic rings. The molecule has 3 rings (SSSR count). The first kappa shape index (κ1) is 17.0. The number of aromatic nitrogens is 1. The summed E-state index contributed by atoms with van der Waals surface area (Å²) in [5, 5.41) is 2.92. The Bertz CT molecular complexity index is 771. The third kappa shape index (κ3) is 3.79. The minimum absolute atomic E-state index is 0.157. The van der Waals surface area contributed by atoms with Gasteiger partial charge in [0.25, 0.3) is 5.91 Å². The van der Waals surface area contributed by atoms with Crippen LogP contribution in [0.4, 0.5) is 11.5 Å². The minimum Gasteiger partial charge on any atom is -0.362 e. The molecule has 2 heterocycles. The molecule has 1 aliphatic rings. The molecule has 0 saturated carbocycles. The van der Waals surface area contributed by atoms with Crippen LogP contribution in [0.25, 0.3) is 0 Å². The maximum atomic E-state index is 12.4. The fraction of sp³-hybridized carbons (Fsp3) is 0.316. The lowest BCUT2D eigenvalue weighted by atomic mass is 10.1. The number of hydrogen-bond donors (Lipinski definition) is 1. The molecule has 1 saturated heterocycles. The summed E-state index contributed by atoms with van der Waals surface area (Å²) in [6.07, 6.45) is 3.21. The van der Waals surface area contributed by atoms with Crippen LogP contribution in [0.15, 0.2) is 42.6 Å². The second kappa shape index (κ2) is 7.34. The number of carbonyl (C=O) groups is 2. The van der Waals surface area contributed by atoms with Crippen molar-refractivity contribution in [2.24, 2.45) is 0 Å². The predicted molar refractivity (Wildman–Crippen MR) is 97.8 cm³/mol. The highest BCUT2D eigenvalue weighted by molar-refractivity contribution is 5.98. The van der Waals surface area contributed by atoms with Crippen LogP contribution >= 0.6 is 0 Å². The Morgan fingerprint density at radius 3 is 2.64 bits per heavy atom. The summed E-state index contributed by atoms with van der Waals surface area (Å²) < 4.78 is 0. The zero-order chi connectivity index (χ0) is 17.8. The fourth-order valence-electron chi connectivity index (χ4n) is 2.92. The van der Waals surface area contributed by atoms with E-state index in [0.29, 0.717) is 24.3 Å². The molecule has 1 fully saturated rings. The van der Waals surface area contributed by atoms with Crippen molar-refractivity contribution < 1.29 is 9.59 Å². The molecule has 0 spiro atoms. The number of amides is 2. The second-order valence-electron chi connectivity index (χ2n) is 6.27. The summed E-state index contributed by atoms with van der Waals surface area (Å²) in [4.78, 5) is 32.1. The van der Waals surface area contributed by atoms with Crippen LogP contribution in [0.2, 0.25) is 0 Å². The van der Waals surface area contributed by atoms with Crippen molar-refractivity contribution in [2.75, 3.05) is 30.4 Å². The van der Waals surface area contributed by atoms with Crippen LogP contribution in [0.5, 0.6) is 0 Å². The standard InChI is InChI=1S/C19H22N4O2/c1-22(2)18-16(5-3-11-20-18)19(25)21-13-14-7-9-15(10-8-14)23-12-4-6-17(23)24/h3,5,7-11H,4,6,12-13H2,1-2H3,(H,21,25). The van der Waals surface area contributed by atoms with Crippen LogP contribution in [-0.4, -0.2) is 37.4 Å². The summed E-state index contributed by atoms with van der Waals surface area (Å²) in [7, 11) is 3.72. The van der Waals surface area contributed by atoms with Gasteiger partial charge in [-0.25, -0.2) is 4.98 Å². The van der Waals surface area contributed by atoms with Crippen LogP contribution in [0, 0.1) is 0 Å². The highest BCUT2D eigenvalue weighted by Crippen LogP contribution is 2.21. The number of rotatable bonds is 5. The predicted octanol–water partition coefficient (Wildman–Crippen LogP) is 2.20. The van der Waals surface area contributed by atoms with E-state index in [0.717, 1.165) is 24.2 Å². The number of benzene rings is 1. The molecule has 6 nitrogen and oxygen atoms in total. The first-order valence-electron chi connectivity index (χ1n) is 8.36. The lowest BCUT2D eigenvalue weighted by Crippen LogP contribution is -2.26. The molecular weight excluding hydrogens is 316 g/mol. The molecular formula is C19H22N4O2. The summed E-state index contributed by atoms with van der Waals surface area (Å²) in [5.74, 6) is 0.660. The first-order valence-corrected chi connectivity index (χ1v) is 8.36. The Labute approximate surface area is 147 Å². The Balaban J connectivity index is 1.64. The van der Waals surface area contributed by atoms with Crippen molar-refractivity contribution in [3.8, 4) is 0 Å². The number of hydrogen-bond acceptors (Lipinski definition) is 4. The van der Waals surface area contributed by atoms with E-state index in [1.54, 1.807) is 23.2 Å². The van der Waals surface area contributed by atoms with Gasteiger partial charge in [-0.05, 0) is 36.2 Å². The molecule has 1 aromatic heterocycles. The Morgan fingerprint density at radius 1 is 1.24 bits per heavy atom. The van der Waals surface area contributed by atoms with E-state index in [1.165, 1.54) is 0 Å². The van der Waals surface area contributed by atoms with Crippen LogP contribution in [0.1, 0.15) is 28.8 Å². The van der Waals surface area contributed by atoms with Gasteiger partial charge in [-0.15, -0.1) is 0 Å². The zero-order valence-corrected chi connectivity index (χ0v) is 14.5. The molecule has 25 heavy (non-hydrogen) atoms. The number of nitrogens with zero attached hydrogens (tertiary/aromatic N) is 3. The van der Waals surface area contributed by atoms with Crippen molar-refractivity contribution in [1.29, 1.82) is 0 Å². The lowest BCUT2D eigenvalue weighted by Gasteiger charge is -2.17. The summed E-state index contributed by atoms with van der Waals surface area (Å²) in [6, 6.07) is 11.3. The maximum Gasteiger partial charge on any atom is 0.255 e. The normalized spacial score (nSPS) is 13.8. The zero-order valence-electron chi connectivity index (χ0n) is 14.5. The van der Waals surface area contributed by atoms with Gasteiger partial charge in [-0.3, -0.25) is 9.59 Å². The Morgan fingerprint density at radius 2 is 2.00 bits per heavy atom. The first-order chi connectivity index (χ1) is 12.1. The lowest BCUT2D eigenvalue weighted by molar-refractivity contribution is -0.117. The smallest absolute Gasteiger partial charge is 0.255 e. The molecule has 0 atom stereocenters. The van der Waals surface area contributed by atoms with Crippen LogP contribution in [-0.2, 0) is 11.3 Å². The molecule has 0 unspecified atom stereocenters. The van der Waals surface area contributed by atoms with Crippen molar-refractivity contribution in [2.45, 2.75) is 19.4 Å². The van der Waals surface area contributed by atoms with Gasteiger partial charge in [0.15, 0.2) is 0 Å². The monoisotopic (exact) mass is 338 g/mol. The van der Waals surface area contributed by atoms with E-state index in [1.807, 2.05) is 43.3 Å². The van der Waals surface area contributed by atoms with Gasteiger partial charge in [-0.1, -0.05) is 12.1 Å². The minimum atomic E-state index is -0.157. The summed E-state index contributed by atoms with van der Waals surface area (Å²) >= 11 is 0. The van der Waals surface area contributed by atoms with E-state index in [4.69, 9.17) is 0 Å². The maximum absolute atomic E-state index is 12.4. The average Bonchev–Trinajstić information content (AvgIpc) is 3.06. The number of carbonyl (C=O) groups excluding carboxylic acids is 2. The van der Waals surface area contributed by atoms with Gasteiger partial charge in [0.1, 0.15) is 5.82 Å². The quantitative estimate of drug-likeness (QED) is 0.908. The van der Waals surface area contributed by atoms with Crippen molar-refractivity contribution in [3.63, 3.8) is 0 Å². The van der Waals surface area contributed by atoms with E-state index in [9.17, 15) is 9.59 Å². The SMILES string of the molecule is CN(C)c1ncccc1C(=O)NCc1ccc(N2CCCC2=O)cc1. The van der Waals surface area contributed by atoms with Gasteiger partial charge in [0.2, 0.25) is 5.91 Å². The van der Waals surface area contributed by atoms with E-state index in [2.05, 4.69) is 10.3 Å². The third-order valence-corrected chi connectivity index (χ3v) is 4.23. The van der Waals surface area contributed by atoms with Gasteiger partial charge in [-0.2, -0.15) is 0 Å². The van der Waals surface area contributed by atoms with Crippen molar-refractivity contribution in [1.82, 2.24) is 10.3 Å². The van der Waals surface area contributed by atoms with Crippen LogP contribution in [0.3, 0.4) is 0 Å².